The Bertz CT molecular complexity index is 371. The molecule has 0 unspecified atom stereocenters. The van der Waals surface area contributed by atoms with Crippen molar-refractivity contribution >= 4 is 11.9 Å². The largest absolute Gasteiger partial charge is 0.425 e. The number of nitrogens with two attached hydrogens (primary N) is 2. The van der Waals surface area contributed by atoms with Gasteiger partial charge in [-0.15, -0.1) is 0 Å². The van der Waals surface area contributed by atoms with Gasteiger partial charge in [0.05, 0.1) is 0 Å². The number of primary amides is 1. The molecular weight excluding hydrogens is 196 g/mol. The van der Waals surface area contributed by atoms with Gasteiger partial charge in [-0.2, -0.15) is 0 Å². The standard InChI is InChI=1S/C10H12N2O3/c1-6(11)10(14)15-8-4-2-7(3-5-8)9(12)13/h2-6H,11H2,1H3,(H2,12,13)/t6-/m0/s1. The Balaban J connectivity index is 2.73. The van der Waals surface area contributed by atoms with Crippen LogP contribution in [0.1, 0.15) is 17.3 Å². The monoisotopic (exact) mass is 208 g/mol. The van der Waals surface area contributed by atoms with Crippen molar-refractivity contribution in [2.24, 2.45) is 11.5 Å². The molecule has 5 nitrogen and oxygen atoms in total. The molecule has 1 atom stereocenters. The number of carbonyl (C=O) groups is 2. The number of carbonyl (C=O) groups excluding carboxylic acids is 2. The van der Waals surface area contributed by atoms with Crippen molar-refractivity contribution in [3.63, 3.8) is 0 Å². The van der Waals surface area contributed by atoms with Crippen molar-refractivity contribution in [2.75, 3.05) is 0 Å². The Morgan fingerprint density at radius 1 is 1.27 bits per heavy atom. The second-order valence-electron chi connectivity index (χ2n) is 3.10. The molecule has 15 heavy (non-hydrogen) atoms. The summed E-state index contributed by atoms with van der Waals surface area (Å²) in [5.41, 5.74) is 10.7. The van der Waals surface area contributed by atoms with E-state index in [0.29, 0.717) is 11.3 Å². The third-order valence-corrected chi connectivity index (χ3v) is 1.73. The van der Waals surface area contributed by atoms with E-state index in [1.165, 1.54) is 31.2 Å². The normalized spacial score (nSPS) is 11.9. The second kappa shape index (κ2) is 4.56. The molecule has 4 N–H and O–H groups in total. The smallest absolute Gasteiger partial charge is 0.328 e. The maximum Gasteiger partial charge on any atom is 0.328 e. The second-order valence-corrected chi connectivity index (χ2v) is 3.10. The van der Waals surface area contributed by atoms with Gasteiger partial charge in [0, 0.05) is 5.56 Å². The van der Waals surface area contributed by atoms with Gasteiger partial charge in [-0.1, -0.05) is 0 Å². The Morgan fingerprint density at radius 2 is 1.80 bits per heavy atom. The SMILES string of the molecule is C[C@H](N)C(=O)Oc1ccc(C(N)=O)cc1. The van der Waals surface area contributed by atoms with Gasteiger partial charge in [-0.05, 0) is 31.2 Å². The van der Waals surface area contributed by atoms with E-state index in [4.69, 9.17) is 16.2 Å². The van der Waals surface area contributed by atoms with E-state index in [2.05, 4.69) is 0 Å². The predicted molar refractivity (Wildman–Crippen MR) is 54.2 cm³/mol. The molecule has 0 aromatic heterocycles. The molecule has 1 aromatic carbocycles. The summed E-state index contributed by atoms with van der Waals surface area (Å²) < 4.78 is 4.89. The summed E-state index contributed by atoms with van der Waals surface area (Å²) in [6.07, 6.45) is 0. The van der Waals surface area contributed by atoms with Gasteiger partial charge in [-0.3, -0.25) is 4.79 Å². The van der Waals surface area contributed by atoms with Crippen LogP contribution < -0.4 is 16.2 Å². The maximum absolute atomic E-state index is 11.1. The van der Waals surface area contributed by atoms with Crippen LogP contribution in [0.3, 0.4) is 0 Å². The fourth-order valence-electron chi connectivity index (χ4n) is 0.896. The lowest BCUT2D eigenvalue weighted by atomic mass is 10.2. The molecule has 1 aromatic rings. The molecule has 0 saturated carbocycles. The Morgan fingerprint density at radius 3 is 2.20 bits per heavy atom. The first kappa shape index (κ1) is 11.2. The van der Waals surface area contributed by atoms with Crippen molar-refractivity contribution in [3.05, 3.63) is 29.8 Å². The van der Waals surface area contributed by atoms with Crippen molar-refractivity contribution in [3.8, 4) is 5.75 Å². The first-order valence-electron chi connectivity index (χ1n) is 4.38. The van der Waals surface area contributed by atoms with Gasteiger partial charge < -0.3 is 16.2 Å². The zero-order chi connectivity index (χ0) is 11.4. The first-order valence-corrected chi connectivity index (χ1v) is 4.38. The first-order chi connectivity index (χ1) is 7.00. The van der Waals surface area contributed by atoms with Gasteiger partial charge >= 0.3 is 5.97 Å². The molecule has 0 fully saturated rings. The average Bonchev–Trinajstić information content (AvgIpc) is 2.18. The molecular formula is C10H12N2O3. The zero-order valence-electron chi connectivity index (χ0n) is 8.27. The van der Waals surface area contributed by atoms with Crippen LogP contribution in [-0.2, 0) is 4.79 Å². The van der Waals surface area contributed by atoms with Crippen molar-refractivity contribution in [1.82, 2.24) is 0 Å². The van der Waals surface area contributed by atoms with E-state index in [1.807, 2.05) is 0 Å². The molecule has 80 valence electrons. The highest BCUT2D eigenvalue weighted by Gasteiger charge is 2.10. The minimum atomic E-state index is -0.680. The van der Waals surface area contributed by atoms with E-state index in [1.54, 1.807) is 0 Å². The topological polar surface area (TPSA) is 95.4 Å². The van der Waals surface area contributed by atoms with Crippen LogP contribution in [0.4, 0.5) is 0 Å². The summed E-state index contributed by atoms with van der Waals surface area (Å²) in [5.74, 6) is -0.718. The van der Waals surface area contributed by atoms with Gasteiger partial charge in [0.15, 0.2) is 0 Å². The molecule has 1 rings (SSSR count). The number of esters is 1. The van der Waals surface area contributed by atoms with Crippen LogP contribution >= 0.6 is 0 Å². The van der Waals surface area contributed by atoms with E-state index in [0.717, 1.165) is 0 Å². The van der Waals surface area contributed by atoms with Gasteiger partial charge in [0.1, 0.15) is 11.8 Å². The molecule has 0 radical (unpaired) electrons. The van der Waals surface area contributed by atoms with Gasteiger partial charge in [0.25, 0.3) is 0 Å². The molecule has 1 amide bonds. The fourth-order valence-corrected chi connectivity index (χ4v) is 0.896. The minimum Gasteiger partial charge on any atom is -0.425 e. The molecule has 5 heteroatoms. The van der Waals surface area contributed by atoms with Crippen LogP contribution in [0.5, 0.6) is 5.75 Å². The van der Waals surface area contributed by atoms with E-state index in [-0.39, 0.29) is 0 Å². The summed E-state index contributed by atoms with van der Waals surface area (Å²) in [6.45, 7) is 1.53. The summed E-state index contributed by atoms with van der Waals surface area (Å²) in [6, 6.07) is 5.25. The predicted octanol–water partition coefficient (Wildman–Crippen LogP) is 0.0381. The van der Waals surface area contributed by atoms with Gasteiger partial charge in [-0.25, -0.2) is 4.79 Å². The molecule has 0 spiro atoms. The highest BCUT2D eigenvalue weighted by molar-refractivity contribution is 5.92. The molecule has 0 aliphatic rings. The number of rotatable bonds is 3. The van der Waals surface area contributed by atoms with Crippen LogP contribution in [-0.4, -0.2) is 17.9 Å². The van der Waals surface area contributed by atoms with Crippen molar-refractivity contribution in [2.45, 2.75) is 13.0 Å². The lowest BCUT2D eigenvalue weighted by Gasteiger charge is -2.06. The summed E-state index contributed by atoms with van der Waals surface area (Å²) in [7, 11) is 0. The number of ether oxygens (including phenoxy) is 1. The van der Waals surface area contributed by atoms with Gasteiger partial charge in [0.2, 0.25) is 5.91 Å². The maximum atomic E-state index is 11.1. The zero-order valence-corrected chi connectivity index (χ0v) is 8.27. The van der Waals surface area contributed by atoms with Crippen molar-refractivity contribution in [1.29, 1.82) is 0 Å². The number of amides is 1. The van der Waals surface area contributed by atoms with Crippen LogP contribution in [0.15, 0.2) is 24.3 Å². The molecule has 0 aliphatic carbocycles. The minimum absolute atomic E-state index is 0.335. The fraction of sp³-hybridized carbons (Fsp3) is 0.200. The Kier molecular flexibility index (Phi) is 3.41. The average molecular weight is 208 g/mol. The summed E-state index contributed by atoms with van der Waals surface area (Å²) >= 11 is 0. The molecule has 0 heterocycles. The summed E-state index contributed by atoms with van der Waals surface area (Å²) in [5, 5.41) is 0. The lowest BCUT2D eigenvalue weighted by molar-refractivity contribution is -0.135. The summed E-state index contributed by atoms with van der Waals surface area (Å²) in [4.78, 5) is 21.8. The molecule has 0 bridgehead atoms. The van der Waals surface area contributed by atoms with E-state index >= 15 is 0 Å². The molecule has 0 aliphatic heterocycles. The highest BCUT2D eigenvalue weighted by atomic mass is 16.5. The third kappa shape index (κ3) is 3.07. The van der Waals surface area contributed by atoms with E-state index < -0.39 is 17.9 Å². The molecule has 0 saturated heterocycles. The van der Waals surface area contributed by atoms with Crippen molar-refractivity contribution < 1.29 is 14.3 Å². The van der Waals surface area contributed by atoms with Crippen LogP contribution in [0.2, 0.25) is 0 Å². The quantitative estimate of drug-likeness (QED) is 0.541. The highest BCUT2D eigenvalue weighted by Crippen LogP contribution is 2.12. The number of hydrogen-bond acceptors (Lipinski definition) is 4. The lowest BCUT2D eigenvalue weighted by Crippen LogP contribution is -2.30. The Hall–Kier alpha value is -1.88. The Labute approximate surface area is 87.0 Å². The number of hydrogen-bond donors (Lipinski definition) is 2. The van der Waals surface area contributed by atoms with Crippen LogP contribution in [0, 0.1) is 0 Å². The van der Waals surface area contributed by atoms with Crippen LogP contribution in [0.25, 0.3) is 0 Å². The third-order valence-electron chi connectivity index (χ3n) is 1.73. The number of benzene rings is 1. The van der Waals surface area contributed by atoms with E-state index in [9.17, 15) is 9.59 Å².